The minimum atomic E-state index is 0.788. The largest absolute Gasteiger partial charge is 0.340 e. The Kier molecular flexibility index (Phi) is 4.60. The molecule has 0 fully saturated rings. The zero-order chi connectivity index (χ0) is 17.9. The highest BCUT2D eigenvalue weighted by Gasteiger charge is 2.10. The first-order chi connectivity index (χ1) is 12.7. The van der Waals surface area contributed by atoms with Crippen molar-refractivity contribution in [3.05, 3.63) is 66.5 Å². The summed E-state index contributed by atoms with van der Waals surface area (Å²) in [6.45, 7) is 2.09. The summed E-state index contributed by atoms with van der Waals surface area (Å²) in [6.07, 6.45) is 1.58. The van der Waals surface area contributed by atoms with Gasteiger partial charge in [0, 0.05) is 16.3 Å². The third-order valence-corrected chi connectivity index (χ3v) is 4.80. The predicted octanol–water partition coefficient (Wildman–Crippen LogP) is 4.90. The van der Waals surface area contributed by atoms with E-state index in [2.05, 4.69) is 74.4 Å². The summed E-state index contributed by atoms with van der Waals surface area (Å²) in [5.74, 6) is 0.788. The number of hydrogen-bond acceptors (Lipinski definition) is 5. The van der Waals surface area contributed by atoms with Crippen LogP contribution in [0.2, 0.25) is 0 Å². The van der Waals surface area contributed by atoms with E-state index in [4.69, 9.17) is 0 Å². The molecule has 0 aliphatic carbocycles. The fraction of sp³-hybridized carbons (Fsp3) is 0.100. The number of aromatic amines is 1. The van der Waals surface area contributed by atoms with Gasteiger partial charge in [0.25, 0.3) is 0 Å². The zero-order valence-electron chi connectivity index (χ0n) is 14.6. The number of aryl methyl sites for hydroxylation is 1. The Hall–Kier alpha value is -2.83. The molecule has 26 heavy (non-hydrogen) atoms. The molecular weight excluding hydrogens is 342 g/mol. The van der Waals surface area contributed by atoms with Crippen LogP contribution in [0.1, 0.15) is 5.56 Å². The Morgan fingerprint density at radius 1 is 1.00 bits per heavy atom. The topological polar surface area (TPSA) is 65.6 Å². The van der Waals surface area contributed by atoms with Crippen LogP contribution in [0.25, 0.3) is 22.3 Å². The number of aromatic nitrogens is 3. The van der Waals surface area contributed by atoms with Crippen LogP contribution in [0.3, 0.4) is 0 Å². The van der Waals surface area contributed by atoms with Crippen LogP contribution in [0.4, 0.5) is 11.5 Å². The Labute approximate surface area is 156 Å². The molecule has 0 saturated carbocycles. The molecule has 0 spiro atoms. The first kappa shape index (κ1) is 16.6. The average molecular weight is 361 g/mol. The van der Waals surface area contributed by atoms with Crippen molar-refractivity contribution in [1.29, 1.82) is 0 Å². The van der Waals surface area contributed by atoms with E-state index in [0.717, 1.165) is 38.7 Å². The number of anilines is 2. The van der Waals surface area contributed by atoms with Gasteiger partial charge in [0.2, 0.25) is 0 Å². The second-order valence-corrected chi connectivity index (χ2v) is 7.08. The Bertz CT molecular complexity index is 1040. The molecule has 0 amide bonds. The number of nitrogens with zero attached hydrogens (tertiary/aromatic N) is 2. The molecule has 6 heteroatoms. The highest BCUT2D eigenvalue weighted by molar-refractivity contribution is 7.97. The second-order valence-electron chi connectivity index (χ2n) is 5.99. The molecule has 0 radical (unpaired) electrons. The first-order valence-electron chi connectivity index (χ1n) is 8.34. The molecule has 2 aromatic carbocycles. The van der Waals surface area contributed by atoms with Gasteiger partial charge in [0.1, 0.15) is 17.8 Å². The lowest BCUT2D eigenvalue weighted by molar-refractivity contribution is 1.20. The lowest BCUT2D eigenvalue weighted by Crippen LogP contribution is -1.96. The summed E-state index contributed by atoms with van der Waals surface area (Å²) in [6, 6.07) is 18.7. The quantitative estimate of drug-likeness (QED) is 0.441. The lowest BCUT2D eigenvalue weighted by atomic mass is 10.1. The van der Waals surface area contributed by atoms with Crippen LogP contribution in [0.15, 0.2) is 65.8 Å². The van der Waals surface area contributed by atoms with E-state index in [1.807, 2.05) is 19.2 Å². The van der Waals surface area contributed by atoms with Crippen molar-refractivity contribution in [3.63, 3.8) is 0 Å². The van der Waals surface area contributed by atoms with Gasteiger partial charge in [-0.25, -0.2) is 9.97 Å². The molecule has 130 valence electrons. The molecular formula is C20H19N5S. The number of rotatable bonds is 5. The van der Waals surface area contributed by atoms with Gasteiger partial charge in [-0.2, -0.15) is 0 Å². The summed E-state index contributed by atoms with van der Waals surface area (Å²) < 4.78 is 3.09. The summed E-state index contributed by atoms with van der Waals surface area (Å²) >= 11 is 1.58. The van der Waals surface area contributed by atoms with Gasteiger partial charge in [-0.3, -0.25) is 4.72 Å². The number of fused-ring (bicyclic) bond motifs is 1. The van der Waals surface area contributed by atoms with Gasteiger partial charge in [0.05, 0.1) is 5.39 Å². The number of nitrogens with one attached hydrogen (secondary N) is 3. The normalized spacial score (nSPS) is 11.0. The molecule has 5 nitrogen and oxygen atoms in total. The Balaban J connectivity index is 1.69. The van der Waals surface area contributed by atoms with Gasteiger partial charge in [-0.05, 0) is 55.7 Å². The van der Waals surface area contributed by atoms with Gasteiger partial charge in [0.15, 0.2) is 0 Å². The minimum Gasteiger partial charge on any atom is -0.340 e. The van der Waals surface area contributed by atoms with Crippen molar-refractivity contribution in [2.45, 2.75) is 11.8 Å². The fourth-order valence-corrected chi connectivity index (χ4v) is 3.39. The van der Waals surface area contributed by atoms with Crippen LogP contribution in [0, 0.1) is 6.92 Å². The van der Waals surface area contributed by atoms with Gasteiger partial charge in [-0.15, -0.1) is 0 Å². The number of H-pyrrole nitrogens is 1. The van der Waals surface area contributed by atoms with Crippen molar-refractivity contribution in [1.82, 2.24) is 19.7 Å². The molecule has 0 atom stereocenters. The Morgan fingerprint density at radius 3 is 2.65 bits per heavy atom. The van der Waals surface area contributed by atoms with E-state index in [9.17, 15) is 0 Å². The van der Waals surface area contributed by atoms with Gasteiger partial charge < -0.3 is 10.3 Å². The van der Waals surface area contributed by atoms with Crippen molar-refractivity contribution < 1.29 is 0 Å². The SMILES string of the molecule is CNSc1cccc(Nc2ncnc3[nH]c(-c4ccc(C)cc4)cc23)c1. The second kappa shape index (κ2) is 7.19. The van der Waals surface area contributed by atoms with Crippen LogP contribution in [-0.4, -0.2) is 22.0 Å². The van der Waals surface area contributed by atoms with Crippen LogP contribution in [0.5, 0.6) is 0 Å². The molecule has 3 N–H and O–H groups in total. The molecule has 0 unspecified atom stereocenters. The molecule has 0 bridgehead atoms. The number of hydrogen-bond donors (Lipinski definition) is 3. The minimum absolute atomic E-state index is 0.788. The van der Waals surface area contributed by atoms with E-state index in [1.165, 1.54) is 5.56 Å². The van der Waals surface area contributed by atoms with Crippen molar-refractivity contribution >= 4 is 34.5 Å². The first-order valence-corrected chi connectivity index (χ1v) is 9.16. The standard InChI is InChI=1S/C20H19N5S/c1-13-6-8-14(9-7-13)18-11-17-19(22-12-23-20(17)25-18)24-15-4-3-5-16(10-15)26-21-2/h3-12,21H,1-2H3,(H2,22,23,24,25). The van der Waals surface area contributed by atoms with Crippen LogP contribution >= 0.6 is 11.9 Å². The van der Waals surface area contributed by atoms with Crippen LogP contribution < -0.4 is 10.0 Å². The molecule has 0 aliphatic heterocycles. The van der Waals surface area contributed by atoms with Crippen molar-refractivity contribution in [3.8, 4) is 11.3 Å². The predicted molar refractivity (Wildman–Crippen MR) is 109 cm³/mol. The summed E-state index contributed by atoms with van der Waals surface area (Å²) in [5, 5.41) is 4.37. The van der Waals surface area contributed by atoms with E-state index in [1.54, 1.807) is 18.3 Å². The third-order valence-electron chi connectivity index (χ3n) is 4.10. The maximum Gasteiger partial charge on any atom is 0.143 e. The van der Waals surface area contributed by atoms with Gasteiger partial charge in [-0.1, -0.05) is 35.9 Å². The van der Waals surface area contributed by atoms with Crippen LogP contribution in [-0.2, 0) is 0 Å². The molecule has 2 aromatic heterocycles. The zero-order valence-corrected chi connectivity index (χ0v) is 15.4. The highest BCUT2D eigenvalue weighted by Crippen LogP contribution is 2.29. The maximum absolute atomic E-state index is 4.43. The molecule has 0 aliphatic rings. The van der Waals surface area contributed by atoms with Crippen molar-refractivity contribution in [2.75, 3.05) is 12.4 Å². The fourth-order valence-electron chi connectivity index (χ4n) is 2.82. The highest BCUT2D eigenvalue weighted by atomic mass is 32.2. The monoisotopic (exact) mass is 361 g/mol. The average Bonchev–Trinajstić information content (AvgIpc) is 3.08. The third kappa shape index (κ3) is 3.42. The molecule has 4 rings (SSSR count). The summed E-state index contributed by atoms with van der Waals surface area (Å²) in [4.78, 5) is 13.3. The molecule has 4 aromatic rings. The lowest BCUT2D eigenvalue weighted by Gasteiger charge is -2.07. The molecule has 0 saturated heterocycles. The molecule has 2 heterocycles. The summed E-state index contributed by atoms with van der Waals surface area (Å²) in [7, 11) is 1.91. The maximum atomic E-state index is 4.43. The van der Waals surface area contributed by atoms with E-state index >= 15 is 0 Å². The van der Waals surface area contributed by atoms with E-state index < -0.39 is 0 Å². The Morgan fingerprint density at radius 2 is 1.85 bits per heavy atom. The summed E-state index contributed by atoms with van der Waals surface area (Å²) in [5.41, 5.74) is 5.21. The van der Waals surface area contributed by atoms with E-state index in [-0.39, 0.29) is 0 Å². The van der Waals surface area contributed by atoms with Gasteiger partial charge >= 0.3 is 0 Å². The number of benzene rings is 2. The van der Waals surface area contributed by atoms with Crippen molar-refractivity contribution in [2.24, 2.45) is 0 Å². The smallest absolute Gasteiger partial charge is 0.143 e. The van der Waals surface area contributed by atoms with E-state index in [0.29, 0.717) is 0 Å².